The van der Waals surface area contributed by atoms with Gasteiger partial charge in [0.1, 0.15) is 5.41 Å². The van der Waals surface area contributed by atoms with E-state index in [9.17, 15) is 9.59 Å². The molecule has 0 saturated carbocycles. The molecule has 0 spiro atoms. The maximum absolute atomic E-state index is 13.7. The number of amides is 1. The fourth-order valence-corrected chi connectivity index (χ4v) is 6.59. The van der Waals surface area contributed by atoms with Crippen LogP contribution in [-0.4, -0.2) is 51.5 Å². The van der Waals surface area contributed by atoms with Crippen LogP contribution in [0.2, 0.25) is 0 Å². The van der Waals surface area contributed by atoms with Gasteiger partial charge in [0.15, 0.2) is 23.0 Å². The molecular weight excluding hydrogens is 466 g/mol. The molecule has 3 heterocycles. The summed E-state index contributed by atoms with van der Waals surface area (Å²) < 4.78 is 34.0. The number of rotatable bonds is 4. The van der Waals surface area contributed by atoms with Crippen molar-refractivity contribution >= 4 is 11.9 Å². The maximum atomic E-state index is 13.7. The van der Waals surface area contributed by atoms with Crippen molar-refractivity contribution < 1.29 is 38.0 Å². The lowest BCUT2D eigenvalue weighted by molar-refractivity contribution is -0.146. The number of allylic oxidation sites excluding steroid dienone is 1. The second kappa shape index (κ2) is 7.81. The Kier molecular flexibility index (Phi) is 4.90. The number of nitrogens with zero attached hydrogens (tertiary/aromatic N) is 1. The summed E-state index contributed by atoms with van der Waals surface area (Å²) in [5.74, 6) is 1.47. The topological polar surface area (TPSA) is 92.8 Å². The van der Waals surface area contributed by atoms with Crippen LogP contribution in [-0.2, 0) is 14.3 Å². The Labute approximate surface area is 208 Å². The van der Waals surface area contributed by atoms with Gasteiger partial charge < -0.3 is 33.3 Å². The molecule has 9 heteroatoms. The van der Waals surface area contributed by atoms with Crippen molar-refractivity contribution in [2.24, 2.45) is 11.3 Å². The second-order valence-corrected chi connectivity index (χ2v) is 9.48. The van der Waals surface area contributed by atoms with Gasteiger partial charge in [-0.3, -0.25) is 9.59 Å². The Balaban J connectivity index is 1.70. The van der Waals surface area contributed by atoms with Crippen molar-refractivity contribution in [3.8, 4) is 28.7 Å². The highest BCUT2D eigenvalue weighted by Crippen LogP contribution is 2.66. The molecule has 1 aliphatic carbocycles. The number of fused-ring (bicyclic) bond motifs is 3. The first-order chi connectivity index (χ1) is 17.3. The molecular formula is C27H27NO8. The Morgan fingerprint density at radius 1 is 0.972 bits per heavy atom. The lowest BCUT2D eigenvalue weighted by atomic mass is 9.54. The van der Waals surface area contributed by atoms with Crippen molar-refractivity contribution in [2.45, 2.75) is 25.8 Å². The van der Waals surface area contributed by atoms with Crippen LogP contribution in [0, 0.1) is 11.3 Å². The minimum atomic E-state index is -1.04. The Hall–Kier alpha value is -3.88. The van der Waals surface area contributed by atoms with Gasteiger partial charge in [0, 0.05) is 24.5 Å². The van der Waals surface area contributed by atoms with Crippen LogP contribution in [0.5, 0.6) is 28.7 Å². The molecule has 9 nitrogen and oxygen atoms in total. The highest BCUT2D eigenvalue weighted by Gasteiger charge is 2.66. The molecule has 2 aromatic carbocycles. The minimum Gasteiger partial charge on any atom is -0.493 e. The fraction of sp³-hybridized carbons (Fsp3) is 0.407. The van der Waals surface area contributed by atoms with Crippen molar-refractivity contribution in [1.29, 1.82) is 0 Å². The first-order valence-electron chi connectivity index (χ1n) is 11.8. The van der Waals surface area contributed by atoms with Crippen LogP contribution in [0.3, 0.4) is 0 Å². The number of methoxy groups -OCH3 is 3. The van der Waals surface area contributed by atoms with E-state index in [-0.39, 0.29) is 37.2 Å². The van der Waals surface area contributed by atoms with Crippen LogP contribution in [0.1, 0.15) is 42.5 Å². The number of esters is 1. The summed E-state index contributed by atoms with van der Waals surface area (Å²) in [7, 11) is 4.67. The molecule has 3 aliphatic heterocycles. The summed E-state index contributed by atoms with van der Waals surface area (Å²) in [5.41, 5.74) is 2.24. The van der Waals surface area contributed by atoms with Gasteiger partial charge >= 0.3 is 5.97 Å². The zero-order chi connectivity index (χ0) is 25.4. The van der Waals surface area contributed by atoms with Gasteiger partial charge in [-0.1, -0.05) is 0 Å². The largest absolute Gasteiger partial charge is 0.493 e. The van der Waals surface area contributed by atoms with Gasteiger partial charge in [0.2, 0.25) is 18.4 Å². The molecule has 2 bridgehead atoms. The third-order valence-electron chi connectivity index (χ3n) is 7.89. The zero-order valence-electron chi connectivity index (χ0n) is 20.7. The van der Waals surface area contributed by atoms with E-state index in [2.05, 4.69) is 0 Å². The third-order valence-corrected chi connectivity index (χ3v) is 7.89. The van der Waals surface area contributed by atoms with E-state index in [1.807, 2.05) is 37.3 Å². The molecule has 188 valence electrons. The lowest BCUT2D eigenvalue weighted by Gasteiger charge is -2.53. The standard InChI is InChI=1S/C27H27NO8/c1-13-10-27-18(11-34-26(27)30)24(28(13)14(2)29)17-9-20-19(35-12-36-20)8-16(17)23(27)15-6-21(31-3)25(33-5)22(7-15)32-4/h6-10,18,23-24H,11-12H2,1-5H3/t18-,23-,24-,27+/m1/s1. The molecule has 0 N–H and O–H groups in total. The third kappa shape index (κ3) is 2.76. The number of carbonyl (C=O) groups excluding carboxylic acids is 2. The van der Waals surface area contributed by atoms with Gasteiger partial charge in [-0.25, -0.2) is 0 Å². The summed E-state index contributed by atoms with van der Waals surface area (Å²) in [6, 6.07) is 7.22. The van der Waals surface area contributed by atoms with Gasteiger partial charge in [0.25, 0.3) is 0 Å². The summed E-state index contributed by atoms with van der Waals surface area (Å²) in [4.78, 5) is 28.3. The lowest BCUT2D eigenvalue weighted by Crippen LogP contribution is -2.53. The van der Waals surface area contributed by atoms with E-state index in [4.69, 9.17) is 28.4 Å². The number of benzene rings is 2. The van der Waals surface area contributed by atoms with Crippen LogP contribution in [0.4, 0.5) is 0 Å². The fourth-order valence-electron chi connectivity index (χ4n) is 6.59. The number of hydrogen-bond donors (Lipinski definition) is 0. The summed E-state index contributed by atoms with van der Waals surface area (Å²) in [6.45, 7) is 3.72. The SMILES string of the molecule is COc1cc([C@@H]2c3cc4c(cc3[C@@H]3[C@H]5COC(=O)[C@]25C=C(C)N3C(C)=O)OCO4)cc(OC)c1OC. The first-order valence-corrected chi connectivity index (χ1v) is 11.8. The van der Waals surface area contributed by atoms with Crippen molar-refractivity contribution in [2.75, 3.05) is 34.7 Å². The minimum absolute atomic E-state index is 0.100. The van der Waals surface area contributed by atoms with Gasteiger partial charge in [0.05, 0.1) is 34.0 Å². The van der Waals surface area contributed by atoms with Gasteiger partial charge in [-0.05, 0) is 54.0 Å². The normalized spacial score (nSPS) is 27.0. The average molecular weight is 494 g/mol. The molecule has 4 atom stereocenters. The molecule has 0 radical (unpaired) electrons. The van der Waals surface area contributed by atoms with Crippen molar-refractivity contribution in [1.82, 2.24) is 4.90 Å². The van der Waals surface area contributed by atoms with Crippen LogP contribution in [0.15, 0.2) is 36.0 Å². The van der Waals surface area contributed by atoms with Crippen LogP contribution >= 0.6 is 0 Å². The van der Waals surface area contributed by atoms with E-state index in [0.717, 1.165) is 16.7 Å². The smallest absolute Gasteiger partial charge is 0.317 e. The Morgan fingerprint density at radius 2 is 1.61 bits per heavy atom. The first kappa shape index (κ1) is 22.6. The van der Waals surface area contributed by atoms with Crippen LogP contribution in [0.25, 0.3) is 0 Å². The van der Waals surface area contributed by atoms with Crippen molar-refractivity contribution in [3.05, 3.63) is 52.7 Å². The Bertz CT molecular complexity index is 1310. The predicted octanol–water partition coefficient (Wildman–Crippen LogP) is 3.55. The quantitative estimate of drug-likeness (QED) is 0.597. The number of ether oxygens (including phenoxy) is 6. The molecule has 6 rings (SSSR count). The van der Waals surface area contributed by atoms with E-state index >= 15 is 0 Å². The zero-order valence-corrected chi connectivity index (χ0v) is 20.7. The molecule has 1 fully saturated rings. The monoisotopic (exact) mass is 493 g/mol. The average Bonchev–Trinajstić information content (AvgIpc) is 3.46. The van der Waals surface area contributed by atoms with E-state index < -0.39 is 11.3 Å². The van der Waals surface area contributed by atoms with Gasteiger partial charge in [-0.2, -0.15) is 0 Å². The molecule has 0 unspecified atom stereocenters. The summed E-state index contributed by atoms with van der Waals surface area (Å²) in [6.07, 6.45) is 1.91. The highest BCUT2D eigenvalue weighted by atomic mass is 16.7. The molecule has 1 amide bonds. The van der Waals surface area contributed by atoms with E-state index in [1.165, 1.54) is 0 Å². The van der Waals surface area contributed by atoms with E-state index in [1.54, 1.807) is 33.2 Å². The molecule has 0 aromatic heterocycles. The van der Waals surface area contributed by atoms with Gasteiger partial charge in [-0.15, -0.1) is 0 Å². The molecule has 36 heavy (non-hydrogen) atoms. The van der Waals surface area contributed by atoms with Crippen LogP contribution < -0.4 is 23.7 Å². The highest BCUT2D eigenvalue weighted by molar-refractivity contribution is 5.88. The molecule has 1 saturated heterocycles. The number of hydrogen-bond acceptors (Lipinski definition) is 8. The Morgan fingerprint density at radius 3 is 2.19 bits per heavy atom. The number of carbonyl (C=O) groups is 2. The maximum Gasteiger partial charge on any atom is 0.317 e. The predicted molar refractivity (Wildman–Crippen MR) is 126 cm³/mol. The van der Waals surface area contributed by atoms with E-state index in [0.29, 0.717) is 34.4 Å². The second-order valence-electron chi connectivity index (χ2n) is 9.48. The number of cyclic esters (lactones) is 1. The summed E-state index contributed by atoms with van der Waals surface area (Å²) in [5, 5.41) is 0. The summed E-state index contributed by atoms with van der Waals surface area (Å²) >= 11 is 0. The van der Waals surface area contributed by atoms with Crippen molar-refractivity contribution in [3.63, 3.8) is 0 Å². The molecule has 2 aromatic rings. The molecule has 4 aliphatic rings.